The first-order chi connectivity index (χ1) is 17.1. The van der Waals surface area contributed by atoms with Crippen molar-refractivity contribution >= 4 is 23.6 Å². The Morgan fingerprint density at radius 1 is 1.19 bits per heavy atom. The van der Waals surface area contributed by atoms with E-state index in [1.807, 2.05) is 0 Å². The molecule has 1 fully saturated rings. The normalized spacial score (nSPS) is 17.7. The lowest BCUT2D eigenvalue weighted by atomic mass is 9.82. The molecule has 3 rings (SSSR count). The monoisotopic (exact) mass is 504 g/mol. The molecule has 1 heterocycles. The van der Waals surface area contributed by atoms with Crippen LogP contribution in [0.25, 0.3) is 6.08 Å². The van der Waals surface area contributed by atoms with Crippen LogP contribution in [0, 0.1) is 17.7 Å². The van der Waals surface area contributed by atoms with Gasteiger partial charge in [-0.2, -0.15) is 0 Å². The Labute approximate surface area is 209 Å². The lowest BCUT2D eigenvalue weighted by molar-refractivity contribution is -0.123. The van der Waals surface area contributed by atoms with Crippen molar-refractivity contribution < 1.29 is 32.2 Å². The number of amides is 1. The summed E-state index contributed by atoms with van der Waals surface area (Å²) in [5.41, 5.74) is -0.564. The second-order valence-corrected chi connectivity index (χ2v) is 9.28. The molecule has 0 aliphatic heterocycles. The van der Waals surface area contributed by atoms with Crippen LogP contribution in [0.3, 0.4) is 0 Å². The van der Waals surface area contributed by atoms with Gasteiger partial charge >= 0.3 is 5.97 Å². The van der Waals surface area contributed by atoms with E-state index in [0.717, 1.165) is 32.1 Å². The van der Waals surface area contributed by atoms with Crippen molar-refractivity contribution in [1.29, 1.82) is 0 Å². The van der Waals surface area contributed by atoms with Crippen molar-refractivity contribution in [3.8, 4) is 11.6 Å². The second kappa shape index (κ2) is 11.6. The van der Waals surface area contributed by atoms with Crippen LogP contribution in [-0.2, 0) is 9.53 Å². The van der Waals surface area contributed by atoms with E-state index in [1.165, 1.54) is 23.2 Å². The van der Waals surface area contributed by atoms with E-state index in [1.54, 1.807) is 13.8 Å². The molecule has 9 heteroatoms. The van der Waals surface area contributed by atoms with E-state index >= 15 is 4.39 Å². The summed E-state index contributed by atoms with van der Waals surface area (Å²) in [7, 11) is 1.16. The third kappa shape index (κ3) is 5.71. The van der Waals surface area contributed by atoms with Crippen molar-refractivity contribution in [2.24, 2.45) is 11.8 Å². The van der Waals surface area contributed by atoms with Gasteiger partial charge in [-0.3, -0.25) is 4.79 Å². The molecule has 1 aliphatic carbocycles. The minimum absolute atomic E-state index is 0.0345. The maximum absolute atomic E-state index is 15.3. The lowest BCUT2D eigenvalue weighted by Crippen LogP contribution is -2.43. The molecule has 1 aromatic heterocycles. The van der Waals surface area contributed by atoms with Crippen LogP contribution in [-0.4, -0.2) is 30.0 Å². The van der Waals surface area contributed by atoms with E-state index in [-0.39, 0.29) is 34.7 Å². The van der Waals surface area contributed by atoms with Crippen LogP contribution in [0.5, 0.6) is 11.6 Å². The number of methoxy groups -OCH3 is 1. The summed E-state index contributed by atoms with van der Waals surface area (Å²) in [6.07, 6.45) is 2.73. The minimum atomic E-state index is -2.96. The smallest absolute Gasteiger partial charge is 0.340 e. The Balaban J connectivity index is 2.08. The Morgan fingerprint density at radius 3 is 2.42 bits per heavy atom. The van der Waals surface area contributed by atoms with Crippen molar-refractivity contribution in [3.05, 3.63) is 53.5 Å². The van der Waals surface area contributed by atoms with Crippen LogP contribution in [0.4, 0.5) is 18.9 Å². The predicted octanol–water partition coefficient (Wildman–Crippen LogP) is 6.95. The standard InChI is InChI=1S/C27H31F3N2O4/c1-6-17-11-12-31-25(23(17)24(29)30)36-22-13-19(27(34)35-5)21(14-20(22)28)32(15(2)3)26(33)18-9-7-16(4)8-10-18/h6,11-16,18,24H,1,7-10H2,2-5H3/t16-,18-. The van der Waals surface area contributed by atoms with Crippen molar-refractivity contribution in [2.45, 2.75) is 58.9 Å². The highest BCUT2D eigenvalue weighted by Crippen LogP contribution is 2.38. The Kier molecular flexibility index (Phi) is 8.76. The topological polar surface area (TPSA) is 68.7 Å². The number of hydrogen-bond donors (Lipinski definition) is 0. The molecule has 0 saturated heterocycles. The molecule has 1 amide bonds. The average Bonchev–Trinajstić information content (AvgIpc) is 2.84. The van der Waals surface area contributed by atoms with Crippen LogP contribution in [0.1, 0.15) is 74.4 Å². The SMILES string of the molecule is C=Cc1ccnc(Oc2cc(C(=O)OC)c(N(C(=O)[C@H]3CC[C@H](C)CC3)C(C)C)cc2F)c1C(F)F. The molecular formula is C27H31F3N2O4. The van der Waals surface area contributed by atoms with Crippen molar-refractivity contribution in [3.63, 3.8) is 0 Å². The third-order valence-corrected chi connectivity index (χ3v) is 6.47. The Bertz CT molecular complexity index is 1130. The fourth-order valence-electron chi connectivity index (χ4n) is 4.50. The average molecular weight is 505 g/mol. The van der Waals surface area contributed by atoms with Crippen LogP contribution in [0.2, 0.25) is 0 Å². The number of carbonyl (C=O) groups excluding carboxylic acids is 2. The van der Waals surface area contributed by atoms with Gasteiger partial charge in [0.2, 0.25) is 11.8 Å². The maximum atomic E-state index is 15.3. The van der Waals surface area contributed by atoms with Gasteiger partial charge in [-0.15, -0.1) is 0 Å². The number of pyridine rings is 1. The van der Waals surface area contributed by atoms with Crippen LogP contribution >= 0.6 is 0 Å². The minimum Gasteiger partial charge on any atom is -0.465 e. The number of aromatic nitrogens is 1. The summed E-state index contributed by atoms with van der Waals surface area (Å²) < 4.78 is 53.1. The molecule has 0 radical (unpaired) electrons. The van der Waals surface area contributed by atoms with Gasteiger partial charge in [-0.25, -0.2) is 22.9 Å². The molecule has 1 saturated carbocycles. The summed E-state index contributed by atoms with van der Waals surface area (Å²) in [5.74, 6) is -2.70. The van der Waals surface area contributed by atoms with Crippen LogP contribution < -0.4 is 9.64 Å². The molecule has 0 N–H and O–H groups in total. The molecule has 6 nitrogen and oxygen atoms in total. The van der Waals surface area contributed by atoms with E-state index in [0.29, 0.717) is 18.8 Å². The van der Waals surface area contributed by atoms with Gasteiger partial charge in [0.25, 0.3) is 6.43 Å². The fraction of sp³-hybridized carbons (Fsp3) is 0.444. The molecule has 2 aromatic rings. The van der Waals surface area contributed by atoms with Gasteiger partial charge in [-0.1, -0.05) is 19.6 Å². The van der Waals surface area contributed by atoms with E-state index < -0.39 is 35.4 Å². The summed E-state index contributed by atoms with van der Waals surface area (Å²) in [6.45, 7) is 9.19. The Morgan fingerprint density at radius 2 is 1.86 bits per heavy atom. The number of esters is 1. The number of hydrogen-bond acceptors (Lipinski definition) is 5. The molecule has 0 atom stereocenters. The number of anilines is 1. The zero-order valence-corrected chi connectivity index (χ0v) is 20.9. The number of nitrogens with zero attached hydrogens (tertiary/aromatic N) is 2. The molecular weight excluding hydrogens is 473 g/mol. The first-order valence-electron chi connectivity index (χ1n) is 11.9. The van der Waals surface area contributed by atoms with Gasteiger partial charge in [0.1, 0.15) is 0 Å². The first-order valence-corrected chi connectivity index (χ1v) is 11.9. The van der Waals surface area contributed by atoms with Gasteiger partial charge in [-0.05, 0) is 57.1 Å². The van der Waals surface area contributed by atoms with Gasteiger partial charge in [0.05, 0.1) is 23.9 Å². The highest BCUT2D eigenvalue weighted by molar-refractivity contribution is 6.04. The largest absolute Gasteiger partial charge is 0.465 e. The molecule has 0 spiro atoms. The van der Waals surface area contributed by atoms with E-state index in [4.69, 9.17) is 9.47 Å². The fourth-order valence-corrected chi connectivity index (χ4v) is 4.50. The molecule has 0 bridgehead atoms. The zero-order valence-electron chi connectivity index (χ0n) is 20.9. The quantitative estimate of drug-likeness (QED) is 0.364. The summed E-state index contributed by atoms with van der Waals surface area (Å²) in [6, 6.07) is 3.01. The number of carbonyl (C=O) groups is 2. The van der Waals surface area contributed by atoms with E-state index in [9.17, 15) is 18.4 Å². The molecule has 36 heavy (non-hydrogen) atoms. The highest BCUT2D eigenvalue weighted by atomic mass is 19.3. The molecule has 194 valence electrons. The molecule has 0 unspecified atom stereocenters. The number of halogens is 3. The predicted molar refractivity (Wildman–Crippen MR) is 131 cm³/mol. The number of benzene rings is 1. The number of rotatable bonds is 8. The highest BCUT2D eigenvalue weighted by Gasteiger charge is 2.33. The number of alkyl halides is 2. The second-order valence-electron chi connectivity index (χ2n) is 9.28. The van der Waals surface area contributed by atoms with Gasteiger partial charge in [0.15, 0.2) is 11.6 Å². The zero-order chi connectivity index (χ0) is 26.6. The third-order valence-electron chi connectivity index (χ3n) is 6.47. The van der Waals surface area contributed by atoms with Crippen molar-refractivity contribution in [2.75, 3.05) is 12.0 Å². The number of ether oxygens (including phenoxy) is 2. The summed E-state index contributed by atoms with van der Waals surface area (Å²) >= 11 is 0. The van der Waals surface area contributed by atoms with E-state index in [2.05, 4.69) is 18.5 Å². The first kappa shape index (κ1) is 27.2. The van der Waals surface area contributed by atoms with Crippen LogP contribution in [0.15, 0.2) is 31.0 Å². The van der Waals surface area contributed by atoms with Crippen molar-refractivity contribution in [1.82, 2.24) is 4.98 Å². The van der Waals surface area contributed by atoms with Gasteiger partial charge in [0, 0.05) is 30.3 Å². The summed E-state index contributed by atoms with van der Waals surface area (Å²) in [5, 5.41) is 0. The Hall–Kier alpha value is -3.36. The molecule has 1 aromatic carbocycles. The van der Waals surface area contributed by atoms with Gasteiger partial charge < -0.3 is 14.4 Å². The lowest BCUT2D eigenvalue weighted by Gasteiger charge is -2.34. The summed E-state index contributed by atoms with van der Waals surface area (Å²) in [4.78, 5) is 31.4. The molecule has 1 aliphatic rings. The maximum Gasteiger partial charge on any atom is 0.340 e.